The van der Waals surface area contributed by atoms with E-state index in [1.54, 1.807) is 13.0 Å². The molecule has 32 heavy (non-hydrogen) atoms. The molecule has 9 nitrogen and oxygen atoms in total. The summed E-state index contributed by atoms with van der Waals surface area (Å²) in [7, 11) is -0.322. The molecule has 2 atom stereocenters. The number of rotatable bonds is 4. The molecule has 2 aromatic rings. The van der Waals surface area contributed by atoms with Crippen LogP contribution in [0.5, 0.6) is 5.75 Å². The number of methoxy groups -OCH3 is 1. The topological polar surface area (TPSA) is 133 Å². The number of halogens is 1. The molecule has 1 aromatic carbocycles. The van der Waals surface area contributed by atoms with Crippen molar-refractivity contribution in [2.24, 2.45) is 10.7 Å². The van der Waals surface area contributed by atoms with Crippen LogP contribution in [0.3, 0.4) is 0 Å². The molecule has 0 unspecified atom stereocenters. The van der Waals surface area contributed by atoms with Crippen LogP contribution in [0.4, 0.5) is 10.1 Å². The zero-order valence-electron chi connectivity index (χ0n) is 18.0. The average Bonchev–Trinajstić information content (AvgIpc) is 3.19. The molecular formula is C21H26FN5O4S. The summed E-state index contributed by atoms with van der Waals surface area (Å²) in [5.74, 6) is -0.537. The number of guanidine groups is 1. The molecule has 1 aliphatic carbocycles. The second-order valence-electron chi connectivity index (χ2n) is 8.02. The Hall–Kier alpha value is -2.89. The molecule has 0 saturated heterocycles. The van der Waals surface area contributed by atoms with Gasteiger partial charge < -0.3 is 15.8 Å². The van der Waals surface area contributed by atoms with Crippen LogP contribution in [0.2, 0.25) is 0 Å². The minimum Gasteiger partial charge on any atom is -0.495 e. The number of carbonyl (C=O) groups excluding carboxylic acids is 1. The zero-order chi connectivity index (χ0) is 23.3. The maximum atomic E-state index is 15.1. The fourth-order valence-electron chi connectivity index (χ4n) is 4.50. The van der Waals surface area contributed by atoms with Gasteiger partial charge in [0.2, 0.25) is 5.96 Å². The summed E-state index contributed by atoms with van der Waals surface area (Å²) < 4.78 is 43.0. The molecular weight excluding hydrogens is 437 g/mol. The van der Waals surface area contributed by atoms with Crippen LogP contribution in [0.15, 0.2) is 35.5 Å². The van der Waals surface area contributed by atoms with Crippen molar-refractivity contribution >= 4 is 28.3 Å². The van der Waals surface area contributed by atoms with E-state index in [0.717, 1.165) is 0 Å². The highest BCUT2D eigenvalue weighted by Crippen LogP contribution is 2.63. The lowest BCUT2D eigenvalue weighted by atomic mass is 9.87. The third-order valence-electron chi connectivity index (χ3n) is 6.17. The van der Waals surface area contributed by atoms with E-state index in [0.29, 0.717) is 36.3 Å². The normalized spacial score (nSPS) is 25.0. The number of carbonyl (C=O) groups is 1. The minimum absolute atomic E-state index is 0.0601. The largest absolute Gasteiger partial charge is 0.495 e. The van der Waals surface area contributed by atoms with E-state index in [1.807, 2.05) is 0 Å². The van der Waals surface area contributed by atoms with Gasteiger partial charge in [-0.3, -0.25) is 13.9 Å². The second kappa shape index (κ2) is 7.91. The van der Waals surface area contributed by atoms with Gasteiger partial charge in [-0.05, 0) is 56.0 Å². The van der Waals surface area contributed by atoms with Crippen molar-refractivity contribution in [3.63, 3.8) is 0 Å². The van der Waals surface area contributed by atoms with Crippen LogP contribution in [0.1, 0.15) is 40.9 Å². The Kier molecular flexibility index (Phi) is 5.51. The molecule has 1 amide bonds. The third kappa shape index (κ3) is 3.46. The van der Waals surface area contributed by atoms with Crippen LogP contribution in [0.25, 0.3) is 0 Å². The Morgan fingerprint density at radius 1 is 1.41 bits per heavy atom. The lowest BCUT2D eigenvalue weighted by molar-refractivity contribution is 0.102. The van der Waals surface area contributed by atoms with Crippen molar-refractivity contribution in [2.75, 3.05) is 19.5 Å². The Bertz CT molecular complexity index is 1110. The molecule has 4 rings (SSSR count). The van der Waals surface area contributed by atoms with Gasteiger partial charge in [0.1, 0.15) is 22.8 Å². The summed E-state index contributed by atoms with van der Waals surface area (Å²) in [6.45, 7) is 1.74. The second-order valence-corrected chi connectivity index (χ2v) is 10.3. The molecule has 5 N–H and O–H groups in total. The van der Waals surface area contributed by atoms with Gasteiger partial charge in [0.25, 0.3) is 5.91 Å². The van der Waals surface area contributed by atoms with Crippen molar-refractivity contribution in [1.29, 1.82) is 0 Å². The summed E-state index contributed by atoms with van der Waals surface area (Å²) in [6, 6.07) is 5.86. The van der Waals surface area contributed by atoms with Crippen LogP contribution in [0, 0.1) is 12.7 Å². The van der Waals surface area contributed by atoms with Crippen molar-refractivity contribution in [3.05, 3.63) is 53.1 Å². The number of fused-ring (bicyclic) bond motifs is 1. The number of aliphatic imine (C=N–C) groups is 1. The van der Waals surface area contributed by atoms with Crippen molar-refractivity contribution in [2.45, 2.75) is 37.0 Å². The van der Waals surface area contributed by atoms with Gasteiger partial charge >= 0.3 is 0 Å². The maximum absolute atomic E-state index is 15.1. The van der Waals surface area contributed by atoms with Crippen LogP contribution in [-0.2, 0) is 5.54 Å². The SMILES string of the molecule is COc1cnc(C(=O)Nc2ccc(F)c([C@]34CCC[C@H]3S(O)(O)N(C)C(N)=N4)c2)c(C)c1. The van der Waals surface area contributed by atoms with Gasteiger partial charge in [0.05, 0.1) is 18.6 Å². The summed E-state index contributed by atoms with van der Waals surface area (Å²) in [5.41, 5.74) is 6.12. The lowest BCUT2D eigenvalue weighted by Gasteiger charge is -2.54. The summed E-state index contributed by atoms with van der Waals surface area (Å²) >= 11 is 0. The fraction of sp³-hybridized carbons (Fsp3) is 0.381. The molecule has 1 saturated carbocycles. The number of anilines is 1. The van der Waals surface area contributed by atoms with Crippen LogP contribution in [-0.4, -0.2) is 49.7 Å². The Morgan fingerprint density at radius 3 is 2.84 bits per heavy atom. The zero-order valence-corrected chi connectivity index (χ0v) is 18.8. The highest BCUT2D eigenvalue weighted by Gasteiger charge is 2.56. The summed E-state index contributed by atoms with van der Waals surface area (Å²) in [6.07, 6.45) is 2.96. The number of ether oxygens (including phenoxy) is 1. The van der Waals surface area contributed by atoms with Crippen molar-refractivity contribution in [1.82, 2.24) is 9.29 Å². The van der Waals surface area contributed by atoms with E-state index in [-0.39, 0.29) is 17.2 Å². The highest BCUT2D eigenvalue weighted by molar-refractivity contribution is 8.23. The van der Waals surface area contributed by atoms with Crippen molar-refractivity contribution < 1.29 is 23.0 Å². The standard InChI is InChI=1S/C21H26FN5O4S/c1-12-9-14(31-3)11-24-18(12)19(28)25-13-6-7-16(22)15(10-13)21-8-4-5-17(21)32(29,30)27(2)20(23)26-21/h6-7,9-11,17,29-30H,4-5,8H2,1-3H3,(H2,23,26)(H,25,28)/t17-,21-/m1/s1. The quantitative estimate of drug-likeness (QED) is 0.546. The fourth-order valence-corrected chi connectivity index (χ4v) is 6.50. The maximum Gasteiger partial charge on any atom is 0.274 e. The molecule has 2 heterocycles. The predicted molar refractivity (Wildman–Crippen MR) is 121 cm³/mol. The molecule has 2 aliphatic rings. The summed E-state index contributed by atoms with van der Waals surface area (Å²) in [4.78, 5) is 21.5. The van der Waals surface area contributed by atoms with Crippen LogP contribution < -0.4 is 15.8 Å². The number of nitrogens with zero attached hydrogens (tertiary/aromatic N) is 3. The first-order valence-corrected chi connectivity index (χ1v) is 11.6. The number of nitrogens with one attached hydrogen (secondary N) is 1. The van der Waals surface area contributed by atoms with E-state index in [9.17, 15) is 13.9 Å². The number of hydrogen-bond donors (Lipinski definition) is 4. The predicted octanol–water partition coefficient (Wildman–Crippen LogP) is 3.46. The number of benzene rings is 1. The first-order valence-electron chi connectivity index (χ1n) is 10.1. The molecule has 11 heteroatoms. The number of aromatic nitrogens is 1. The molecule has 1 aliphatic heterocycles. The molecule has 0 bridgehead atoms. The van der Waals surface area contributed by atoms with E-state index in [1.165, 1.54) is 42.9 Å². The number of hydrogen-bond acceptors (Lipinski definition) is 8. The molecule has 0 radical (unpaired) electrons. The van der Waals surface area contributed by atoms with E-state index >= 15 is 4.39 Å². The molecule has 172 valence electrons. The number of amides is 1. The first kappa shape index (κ1) is 22.3. The average molecular weight is 464 g/mol. The van der Waals surface area contributed by atoms with E-state index in [2.05, 4.69) is 15.3 Å². The van der Waals surface area contributed by atoms with Gasteiger partial charge in [-0.25, -0.2) is 18.7 Å². The highest BCUT2D eigenvalue weighted by atomic mass is 32.3. The number of pyridine rings is 1. The third-order valence-corrected chi connectivity index (χ3v) is 8.56. The Balaban J connectivity index is 1.71. The van der Waals surface area contributed by atoms with Gasteiger partial charge in [-0.15, -0.1) is 10.8 Å². The Labute approximate surface area is 187 Å². The van der Waals surface area contributed by atoms with Gasteiger partial charge in [-0.1, -0.05) is 0 Å². The smallest absolute Gasteiger partial charge is 0.274 e. The van der Waals surface area contributed by atoms with E-state index < -0.39 is 33.3 Å². The molecule has 1 aromatic heterocycles. The molecule has 1 fully saturated rings. The van der Waals surface area contributed by atoms with Gasteiger partial charge in [0.15, 0.2) is 0 Å². The van der Waals surface area contributed by atoms with Crippen LogP contribution >= 0.6 is 10.8 Å². The van der Waals surface area contributed by atoms with Crippen molar-refractivity contribution in [3.8, 4) is 5.75 Å². The minimum atomic E-state index is -3.30. The number of aryl methyl sites for hydroxylation is 1. The lowest BCUT2D eigenvalue weighted by Crippen LogP contribution is -2.52. The first-order chi connectivity index (χ1) is 15.1. The Morgan fingerprint density at radius 2 is 2.16 bits per heavy atom. The van der Waals surface area contributed by atoms with E-state index in [4.69, 9.17) is 10.5 Å². The van der Waals surface area contributed by atoms with Gasteiger partial charge in [0, 0.05) is 18.3 Å². The monoisotopic (exact) mass is 463 g/mol. The molecule has 0 spiro atoms. The van der Waals surface area contributed by atoms with Gasteiger partial charge in [-0.2, -0.15) is 0 Å². The number of nitrogens with two attached hydrogens (primary N) is 1. The summed E-state index contributed by atoms with van der Waals surface area (Å²) in [5, 5.41) is 2.03.